The van der Waals surface area contributed by atoms with Crippen LogP contribution in [0.2, 0.25) is 0 Å². The number of hydrogen-bond acceptors (Lipinski definition) is 3. The highest BCUT2D eigenvalue weighted by Crippen LogP contribution is 2.19. The Morgan fingerprint density at radius 2 is 2.37 bits per heavy atom. The number of aromatic nitrogens is 1. The van der Waals surface area contributed by atoms with Crippen LogP contribution in [-0.4, -0.2) is 42.5 Å². The highest BCUT2D eigenvalue weighted by Gasteiger charge is 2.11. The molecule has 0 spiro atoms. The van der Waals surface area contributed by atoms with Crippen molar-refractivity contribution in [2.24, 2.45) is 4.99 Å². The predicted molar refractivity (Wildman–Crippen MR) is 74.9 cm³/mol. The van der Waals surface area contributed by atoms with Crippen molar-refractivity contribution in [2.45, 2.75) is 6.42 Å². The van der Waals surface area contributed by atoms with Crippen molar-refractivity contribution >= 4 is 16.9 Å². The summed E-state index contributed by atoms with van der Waals surface area (Å²) in [5.41, 5.74) is 2.05. The number of fused-ring (bicyclic) bond motifs is 1. The standard InChI is InChI=1S/C14H17FN4/c1-19-7-6-17-14(19)16-5-4-10-9-18-13-8-11(15)2-3-12(10)13/h2-3,8-9,18H,4-7H2,1H3,(H,16,17). The van der Waals surface area contributed by atoms with Gasteiger partial charge in [0.1, 0.15) is 5.82 Å². The first kappa shape index (κ1) is 12.0. The lowest BCUT2D eigenvalue weighted by molar-refractivity contribution is 0.534. The summed E-state index contributed by atoms with van der Waals surface area (Å²) in [6.45, 7) is 2.67. The highest BCUT2D eigenvalue weighted by molar-refractivity contribution is 5.83. The van der Waals surface area contributed by atoms with Gasteiger partial charge in [-0.3, -0.25) is 4.99 Å². The SMILES string of the molecule is CN1CCN=C1NCCc1c[nH]c2cc(F)ccc12. The third-order valence-corrected chi connectivity index (χ3v) is 3.47. The minimum absolute atomic E-state index is 0.207. The van der Waals surface area contributed by atoms with E-state index in [4.69, 9.17) is 0 Å². The molecule has 0 aliphatic carbocycles. The van der Waals surface area contributed by atoms with Crippen molar-refractivity contribution in [2.75, 3.05) is 26.7 Å². The Morgan fingerprint density at radius 1 is 1.47 bits per heavy atom. The Bertz CT molecular complexity index is 617. The van der Waals surface area contributed by atoms with Gasteiger partial charge in [0.05, 0.1) is 6.54 Å². The zero-order valence-electron chi connectivity index (χ0n) is 10.9. The third-order valence-electron chi connectivity index (χ3n) is 3.47. The largest absolute Gasteiger partial charge is 0.361 e. The van der Waals surface area contributed by atoms with E-state index in [0.717, 1.165) is 42.9 Å². The molecule has 2 aromatic rings. The van der Waals surface area contributed by atoms with Gasteiger partial charge in [0.15, 0.2) is 5.96 Å². The molecule has 1 aromatic carbocycles. The molecule has 5 heteroatoms. The molecule has 3 rings (SSSR count). The fourth-order valence-corrected chi connectivity index (χ4v) is 2.40. The number of hydrogen-bond donors (Lipinski definition) is 2. The molecule has 2 N–H and O–H groups in total. The molecule has 0 radical (unpaired) electrons. The molecule has 0 saturated heterocycles. The van der Waals surface area contributed by atoms with E-state index in [1.807, 2.05) is 19.3 Å². The Hall–Kier alpha value is -2.04. The highest BCUT2D eigenvalue weighted by atomic mass is 19.1. The maximum atomic E-state index is 13.1. The van der Waals surface area contributed by atoms with Crippen LogP contribution in [0.1, 0.15) is 5.56 Å². The van der Waals surface area contributed by atoms with Crippen LogP contribution in [0.5, 0.6) is 0 Å². The van der Waals surface area contributed by atoms with Crippen LogP contribution in [0.4, 0.5) is 4.39 Å². The van der Waals surface area contributed by atoms with Crippen molar-refractivity contribution in [1.82, 2.24) is 15.2 Å². The number of aromatic amines is 1. The van der Waals surface area contributed by atoms with Gasteiger partial charge in [-0.15, -0.1) is 0 Å². The average Bonchev–Trinajstić information content (AvgIpc) is 2.97. The fourth-order valence-electron chi connectivity index (χ4n) is 2.40. The Morgan fingerprint density at radius 3 is 3.16 bits per heavy atom. The summed E-state index contributed by atoms with van der Waals surface area (Å²) in [7, 11) is 2.04. The lowest BCUT2D eigenvalue weighted by Gasteiger charge is -2.14. The van der Waals surface area contributed by atoms with Crippen LogP contribution in [0, 0.1) is 5.82 Å². The molecular weight excluding hydrogens is 243 g/mol. The van der Waals surface area contributed by atoms with E-state index in [1.54, 1.807) is 0 Å². The Kier molecular flexibility index (Phi) is 3.11. The van der Waals surface area contributed by atoms with Gasteiger partial charge in [0.25, 0.3) is 0 Å². The van der Waals surface area contributed by atoms with Crippen LogP contribution >= 0.6 is 0 Å². The van der Waals surface area contributed by atoms with E-state index < -0.39 is 0 Å². The molecule has 0 atom stereocenters. The van der Waals surface area contributed by atoms with E-state index in [0.29, 0.717) is 0 Å². The van der Waals surface area contributed by atoms with Crippen LogP contribution < -0.4 is 5.32 Å². The molecule has 0 unspecified atom stereocenters. The summed E-state index contributed by atoms with van der Waals surface area (Å²) >= 11 is 0. The van der Waals surface area contributed by atoms with Gasteiger partial charge in [-0.05, 0) is 30.2 Å². The number of benzene rings is 1. The maximum Gasteiger partial charge on any atom is 0.193 e. The van der Waals surface area contributed by atoms with Crippen molar-refractivity contribution < 1.29 is 4.39 Å². The zero-order valence-corrected chi connectivity index (χ0v) is 10.9. The topological polar surface area (TPSA) is 43.4 Å². The predicted octanol–water partition coefficient (Wildman–Crippen LogP) is 1.74. The number of nitrogens with one attached hydrogen (secondary N) is 2. The molecule has 4 nitrogen and oxygen atoms in total. The molecule has 1 aromatic heterocycles. The second-order valence-corrected chi connectivity index (χ2v) is 4.81. The second kappa shape index (κ2) is 4.91. The smallest absolute Gasteiger partial charge is 0.193 e. The summed E-state index contributed by atoms with van der Waals surface area (Å²) in [5.74, 6) is 0.756. The second-order valence-electron chi connectivity index (χ2n) is 4.81. The lowest BCUT2D eigenvalue weighted by Crippen LogP contribution is -2.36. The van der Waals surface area contributed by atoms with Crippen LogP contribution in [-0.2, 0) is 6.42 Å². The molecule has 1 aliphatic heterocycles. The van der Waals surface area contributed by atoms with E-state index in [-0.39, 0.29) is 5.82 Å². The number of rotatable bonds is 3. The van der Waals surface area contributed by atoms with E-state index in [2.05, 4.69) is 20.2 Å². The summed E-state index contributed by atoms with van der Waals surface area (Å²) in [5, 5.41) is 4.42. The fraction of sp³-hybridized carbons (Fsp3) is 0.357. The normalized spacial score (nSPS) is 15.1. The summed E-state index contributed by atoms with van der Waals surface area (Å²) in [4.78, 5) is 9.61. The first-order valence-electron chi connectivity index (χ1n) is 6.49. The number of likely N-dealkylation sites (N-methyl/N-ethyl adjacent to an activating group) is 1. The van der Waals surface area contributed by atoms with Gasteiger partial charge in [-0.25, -0.2) is 4.39 Å². The molecule has 0 fully saturated rings. The monoisotopic (exact) mass is 260 g/mol. The molecule has 2 heterocycles. The minimum atomic E-state index is -0.207. The maximum absolute atomic E-state index is 13.1. The number of nitrogens with zero attached hydrogens (tertiary/aromatic N) is 2. The van der Waals surface area contributed by atoms with Crippen LogP contribution in [0.25, 0.3) is 10.9 Å². The molecule has 1 aliphatic rings. The first-order valence-corrected chi connectivity index (χ1v) is 6.49. The zero-order chi connectivity index (χ0) is 13.2. The van der Waals surface area contributed by atoms with Crippen molar-refractivity contribution in [3.05, 3.63) is 35.8 Å². The number of guanidine groups is 1. The lowest BCUT2D eigenvalue weighted by atomic mass is 10.1. The average molecular weight is 260 g/mol. The summed E-state index contributed by atoms with van der Waals surface area (Å²) in [6.07, 6.45) is 2.84. The summed E-state index contributed by atoms with van der Waals surface area (Å²) in [6, 6.07) is 4.86. The molecular formula is C14H17FN4. The number of H-pyrrole nitrogens is 1. The minimum Gasteiger partial charge on any atom is -0.361 e. The molecule has 19 heavy (non-hydrogen) atoms. The van der Waals surface area contributed by atoms with Gasteiger partial charge >= 0.3 is 0 Å². The van der Waals surface area contributed by atoms with Gasteiger partial charge in [0.2, 0.25) is 0 Å². The van der Waals surface area contributed by atoms with Gasteiger partial charge in [-0.2, -0.15) is 0 Å². The van der Waals surface area contributed by atoms with Crippen molar-refractivity contribution in [3.8, 4) is 0 Å². The van der Waals surface area contributed by atoms with Crippen molar-refractivity contribution in [1.29, 1.82) is 0 Å². The van der Waals surface area contributed by atoms with Crippen LogP contribution in [0.15, 0.2) is 29.4 Å². The van der Waals surface area contributed by atoms with E-state index in [9.17, 15) is 4.39 Å². The molecule has 100 valence electrons. The van der Waals surface area contributed by atoms with E-state index >= 15 is 0 Å². The first-order chi connectivity index (χ1) is 9.24. The summed E-state index contributed by atoms with van der Waals surface area (Å²) < 4.78 is 13.1. The molecule has 0 amide bonds. The van der Waals surface area contributed by atoms with E-state index in [1.165, 1.54) is 17.7 Å². The van der Waals surface area contributed by atoms with Crippen molar-refractivity contribution in [3.63, 3.8) is 0 Å². The third kappa shape index (κ3) is 2.41. The molecule has 0 bridgehead atoms. The quantitative estimate of drug-likeness (QED) is 0.883. The number of aliphatic imine (C=N–C) groups is 1. The van der Waals surface area contributed by atoms with Gasteiger partial charge < -0.3 is 15.2 Å². The number of halogens is 1. The Balaban J connectivity index is 1.65. The van der Waals surface area contributed by atoms with Crippen LogP contribution in [0.3, 0.4) is 0 Å². The Labute approximate surface area is 111 Å². The van der Waals surface area contributed by atoms with Gasteiger partial charge in [0, 0.05) is 37.2 Å². The van der Waals surface area contributed by atoms with Gasteiger partial charge in [-0.1, -0.05) is 0 Å². The molecule has 0 saturated carbocycles.